The van der Waals surface area contributed by atoms with Crippen LogP contribution in [0.5, 0.6) is 0 Å². The number of aromatic nitrogens is 1. The number of carbonyl (C=O) groups excluding carboxylic acids is 1. The predicted molar refractivity (Wildman–Crippen MR) is 102 cm³/mol. The topological polar surface area (TPSA) is 57.2 Å². The van der Waals surface area contributed by atoms with E-state index in [-0.39, 0.29) is 5.91 Å². The maximum Gasteiger partial charge on any atom is 0.273 e. The third kappa shape index (κ3) is 2.90. The molecule has 1 aromatic heterocycles. The molecule has 0 aliphatic rings. The average molecular weight is 327 g/mol. The van der Waals surface area contributed by atoms with E-state index in [0.29, 0.717) is 5.56 Å². The lowest BCUT2D eigenvalue weighted by atomic mass is 10.0. The minimum Gasteiger partial charge on any atom is -0.360 e. The fraction of sp³-hybridized carbons (Fsp3) is 0.0476. The second-order valence-electron chi connectivity index (χ2n) is 5.95. The summed E-state index contributed by atoms with van der Waals surface area (Å²) in [7, 11) is 0. The second-order valence-corrected chi connectivity index (χ2v) is 5.95. The smallest absolute Gasteiger partial charge is 0.273 e. The van der Waals surface area contributed by atoms with Gasteiger partial charge in [-0.2, -0.15) is 5.10 Å². The number of hydrogen-bond acceptors (Lipinski definition) is 2. The molecular formula is C21H17N3O. The van der Waals surface area contributed by atoms with Crippen molar-refractivity contribution >= 4 is 33.3 Å². The van der Waals surface area contributed by atoms with Gasteiger partial charge in [-0.05, 0) is 35.4 Å². The minimum absolute atomic E-state index is 0.224. The number of rotatable bonds is 3. The van der Waals surface area contributed by atoms with Crippen LogP contribution in [-0.4, -0.2) is 16.6 Å². The standard InChI is InChI=1S/C21H17N3O/c1-14(16-11-10-15-6-2-3-7-17(15)12-16)23-24-21(25)19-13-22-20-9-5-4-8-18(19)20/h2-13,22H,1H3,(H,24,25)/b23-14+. The van der Waals surface area contributed by atoms with Crippen molar-refractivity contribution in [2.45, 2.75) is 6.92 Å². The number of nitrogens with zero attached hydrogens (tertiary/aromatic N) is 1. The molecule has 0 saturated carbocycles. The van der Waals surface area contributed by atoms with Gasteiger partial charge in [-0.25, -0.2) is 5.43 Å². The van der Waals surface area contributed by atoms with Crippen LogP contribution >= 0.6 is 0 Å². The molecule has 122 valence electrons. The maximum atomic E-state index is 12.4. The zero-order chi connectivity index (χ0) is 17.2. The van der Waals surface area contributed by atoms with Crippen molar-refractivity contribution in [1.82, 2.24) is 10.4 Å². The van der Waals surface area contributed by atoms with E-state index in [1.54, 1.807) is 6.20 Å². The number of nitrogens with one attached hydrogen (secondary N) is 2. The predicted octanol–water partition coefficient (Wildman–Crippen LogP) is 4.48. The van der Waals surface area contributed by atoms with Gasteiger partial charge in [0, 0.05) is 17.1 Å². The lowest BCUT2D eigenvalue weighted by Crippen LogP contribution is -2.19. The van der Waals surface area contributed by atoms with Gasteiger partial charge in [0.2, 0.25) is 0 Å². The highest BCUT2D eigenvalue weighted by atomic mass is 16.2. The molecule has 3 aromatic carbocycles. The Morgan fingerprint density at radius 2 is 1.72 bits per heavy atom. The quantitative estimate of drug-likeness (QED) is 0.423. The van der Waals surface area contributed by atoms with Crippen molar-refractivity contribution in [3.8, 4) is 0 Å². The molecule has 4 heteroatoms. The van der Waals surface area contributed by atoms with Crippen LogP contribution in [0.15, 0.2) is 78.0 Å². The fourth-order valence-electron chi connectivity index (χ4n) is 2.93. The first kappa shape index (κ1) is 15.1. The summed E-state index contributed by atoms with van der Waals surface area (Å²) in [4.78, 5) is 15.5. The first-order valence-corrected chi connectivity index (χ1v) is 8.12. The minimum atomic E-state index is -0.224. The van der Waals surface area contributed by atoms with Crippen LogP contribution in [0.4, 0.5) is 0 Å². The number of hydrazone groups is 1. The molecule has 0 fully saturated rings. The number of amides is 1. The number of H-pyrrole nitrogens is 1. The molecule has 4 nitrogen and oxygen atoms in total. The summed E-state index contributed by atoms with van der Waals surface area (Å²) < 4.78 is 0. The van der Waals surface area contributed by atoms with Crippen LogP contribution in [0.2, 0.25) is 0 Å². The maximum absolute atomic E-state index is 12.4. The SMILES string of the molecule is C/C(=N\NC(=O)c1c[nH]c2ccccc12)c1ccc2ccccc2c1. The van der Waals surface area contributed by atoms with Crippen molar-refractivity contribution in [1.29, 1.82) is 0 Å². The zero-order valence-corrected chi connectivity index (χ0v) is 13.8. The summed E-state index contributed by atoms with van der Waals surface area (Å²) in [6.07, 6.45) is 1.71. The molecule has 0 aliphatic carbocycles. The molecule has 0 radical (unpaired) electrons. The Labute approximate surface area is 145 Å². The summed E-state index contributed by atoms with van der Waals surface area (Å²) >= 11 is 0. The molecule has 0 atom stereocenters. The van der Waals surface area contributed by atoms with Gasteiger partial charge < -0.3 is 4.98 Å². The van der Waals surface area contributed by atoms with Crippen LogP contribution in [0.1, 0.15) is 22.8 Å². The second kappa shape index (κ2) is 6.24. The van der Waals surface area contributed by atoms with Gasteiger partial charge >= 0.3 is 0 Å². The van der Waals surface area contributed by atoms with Crippen LogP contribution in [0.25, 0.3) is 21.7 Å². The summed E-state index contributed by atoms with van der Waals surface area (Å²) in [6.45, 7) is 1.89. The van der Waals surface area contributed by atoms with E-state index in [1.807, 2.05) is 49.4 Å². The Bertz CT molecular complexity index is 1110. The van der Waals surface area contributed by atoms with E-state index < -0.39 is 0 Å². The molecule has 0 spiro atoms. The van der Waals surface area contributed by atoms with Gasteiger partial charge in [0.25, 0.3) is 5.91 Å². The molecule has 0 unspecified atom stereocenters. The Morgan fingerprint density at radius 3 is 2.60 bits per heavy atom. The Balaban J connectivity index is 1.58. The summed E-state index contributed by atoms with van der Waals surface area (Å²) in [5.74, 6) is -0.224. The number of hydrogen-bond donors (Lipinski definition) is 2. The number of aromatic amines is 1. The summed E-state index contributed by atoms with van der Waals surface area (Å²) in [5, 5.41) is 7.49. The molecule has 1 heterocycles. The highest BCUT2D eigenvalue weighted by Crippen LogP contribution is 2.18. The van der Waals surface area contributed by atoms with Crippen LogP contribution in [-0.2, 0) is 0 Å². The lowest BCUT2D eigenvalue weighted by Gasteiger charge is -2.04. The number of para-hydroxylation sites is 1. The van der Waals surface area contributed by atoms with Crippen molar-refractivity contribution in [3.05, 3.63) is 84.1 Å². The Morgan fingerprint density at radius 1 is 0.960 bits per heavy atom. The normalized spacial score (nSPS) is 11.8. The van der Waals surface area contributed by atoms with Crippen molar-refractivity contribution in [2.24, 2.45) is 5.10 Å². The van der Waals surface area contributed by atoms with E-state index in [4.69, 9.17) is 0 Å². The van der Waals surface area contributed by atoms with Gasteiger partial charge in [0.05, 0.1) is 11.3 Å². The monoisotopic (exact) mass is 327 g/mol. The van der Waals surface area contributed by atoms with Crippen molar-refractivity contribution in [2.75, 3.05) is 0 Å². The molecule has 25 heavy (non-hydrogen) atoms. The highest BCUT2D eigenvalue weighted by molar-refractivity contribution is 6.08. The largest absolute Gasteiger partial charge is 0.360 e. The highest BCUT2D eigenvalue weighted by Gasteiger charge is 2.11. The van der Waals surface area contributed by atoms with E-state index in [9.17, 15) is 4.79 Å². The third-order valence-corrected chi connectivity index (χ3v) is 4.33. The summed E-state index contributed by atoms with van der Waals surface area (Å²) in [5.41, 5.74) is 5.92. The average Bonchev–Trinajstić information content (AvgIpc) is 3.09. The van der Waals surface area contributed by atoms with Crippen LogP contribution in [0, 0.1) is 0 Å². The molecular weight excluding hydrogens is 310 g/mol. The first-order chi connectivity index (χ1) is 12.2. The number of carbonyl (C=O) groups is 1. The van der Waals surface area contributed by atoms with Gasteiger partial charge in [0.1, 0.15) is 0 Å². The molecule has 0 saturated heterocycles. The van der Waals surface area contributed by atoms with Gasteiger partial charge in [-0.1, -0.05) is 54.6 Å². The zero-order valence-electron chi connectivity index (χ0n) is 13.8. The summed E-state index contributed by atoms with van der Waals surface area (Å²) in [6, 6.07) is 22.0. The van der Waals surface area contributed by atoms with E-state index in [2.05, 4.69) is 39.8 Å². The third-order valence-electron chi connectivity index (χ3n) is 4.33. The van der Waals surface area contributed by atoms with Gasteiger partial charge in [0.15, 0.2) is 0 Å². The van der Waals surface area contributed by atoms with Gasteiger partial charge in [-0.15, -0.1) is 0 Å². The lowest BCUT2D eigenvalue weighted by molar-refractivity contribution is 0.0956. The van der Waals surface area contributed by atoms with Gasteiger partial charge in [-0.3, -0.25) is 4.79 Å². The fourth-order valence-corrected chi connectivity index (χ4v) is 2.93. The Kier molecular flexibility index (Phi) is 3.78. The number of fused-ring (bicyclic) bond motifs is 2. The molecule has 0 aliphatic heterocycles. The van der Waals surface area contributed by atoms with Crippen LogP contribution < -0.4 is 5.43 Å². The van der Waals surface area contributed by atoms with E-state index in [0.717, 1.165) is 27.6 Å². The van der Waals surface area contributed by atoms with E-state index in [1.165, 1.54) is 5.39 Å². The first-order valence-electron chi connectivity index (χ1n) is 8.12. The molecule has 4 rings (SSSR count). The Hall–Kier alpha value is -3.40. The van der Waals surface area contributed by atoms with E-state index >= 15 is 0 Å². The number of benzene rings is 3. The molecule has 0 bridgehead atoms. The molecule has 4 aromatic rings. The van der Waals surface area contributed by atoms with Crippen molar-refractivity contribution in [3.63, 3.8) is 0 Å². The van der Waals surface area contributed by atoms with Crippen molar-refractivity contribution < 1.29 is 4.79 Å². The van der Waals surface area contributed by atoms with Crippen LogP contribution in [0.3, 0.4) is 0 Å². The molecule has 1 amide bonds. The molecule has 2 N–H and O–H groups in total.